The number of anilines is 1. The summed E-state index contributed by atoms with van der Waals surface area (Å²) in [6.45, 7) is 2.92. The lowest BCUT2D eigenvalue weighted by atomic mass is 10.2. The molecule has 106 valence electrons. The minimum Gasteiger partial charge on any atom is -0.369 e. The monoisotopic (exact) mass is 292 g/mol. The second-order valence-electron chi connectivity index (χ2n) is 4.62. The lowest BCUT2D eigenvalue weighted by Crippen LogP contribution is -2.14. The van der Waals surface area contributed by atoms with Crippen LogP contribution in [0.25, 0.3) is 10.9 Å². The predicted molar refractivity (Wildman–Crippen MR) is 82.2 cm³/mol. The van der Waals surface area contributed by atoms with Gasteiger partial charge in [-0.3, -0.25) is 10.1 Å². The van der Waals surface area contributed by atoms with Crippen LogP contribution in [0.2, 0.25) is 0 Å². The zero-order valence-electron chi connectivity index (χ0n) is 11.4. The summed E-state index contributed by atoms with van der Waals surface area (Å²) in [6, 6.07) is 4.61. The molecular formula is C13H16N4O2S. The van der Waals surface area contributed by atoms with E-state index in [2.05, 4.69) is 28.5 Å². The van der Waals surface area contributed by atoms with Crippen LogP contribution in [-0.4, -0.2) is 33.4 Å². The summed E-state index contributed by atoms with van der Waals surface area (Å²) in [7, 11) is 0. The SMILES string of the molecule is CSCC(C)CNc1ncnc2ccc([N+](=O)[O-])cc12. The fourth-order valence-corrected chi connectivity index (χ4v) is 2.60. The van der Waals surface area contributed by atoms with Crippen molar-refractivity contribution in [2.75, 3.05) is 23.9 Å². The van der Waals surface area contributed by atoms with Crippen LogP contribution < -0.4 is 5.32 Å². The molecule has 1 heterocycles. The summed E-state index contributed by atoms with van der Waals surface area (Å²) in [4.78, 5) is 18.8. The van der Waals surface area contributed by atoms with E-state index in [9.17, 15) is 10.1 Å². The van der Waals surface area contributed by atoms with Gasteiger partial charge in [-0.25, -0.2) is 9.97 Å². The third-order valence-electron chi connectivity index (χ3n) is 2.90. The highest BCUT2D eigenvalue weighted by atomic mass is 32.2. The number of nitro benzene ring substituents is 1. The Hall–Kier alpha value is -1.89. The van der Waals surface area contributed by atoms with Crippen LogP contribution in [0.1, 0.15) is 6.92 Å². The fourth-order valence-electron chi connectivity index (χ4n) is 1.91. The van der Waals surface area contributed by atoms with Crippen molar-refractivity contribution in [2.45, 2.75) is 6.92 Å². The Bertz CT molecular complexity index is 620. The molecule has 1 unspecified atom stereocenters. The highest BCUT2D eigenvalue weighted by molar-refractivity contribution is 7.98. The highest BCUT2D eigenvalue weighted by Gasteiger charge is 2.11. The number of aromatic nitrogens is 2. The van der Waals surface area contributed by atoms with E-state index in [0.29, 0.717) is 22.6 Å². The Morgan fingerprint density at radius 1 is 1.45 bits per heavy atom. The number of hydrogen-bond donors (Lipinski definition) is 1. The lowest BCUT2D eigenvalue weighted by molar-refractivity contribution is -0.384. The Morgan fingerprint density at radius 2 is 2.25 bits per heavy atom. The van der Waals surface area contributed by atoms with Crippen LogP contribution in [0.15, 0.2) is 24.5 Å². The van der Waals surface area contributed by atoms with Gasteiger partial charge in [-0.15, -0.1) is 0 Å². The van der Waals surface area contributed by atoms with Crippen LogP contribution in [0.4, 0.5) is 11.5 Å². The van der Waals surface area contributed by atoms with Gasteiger partial charge in [0.15, 0.2) is 0 Å². The molecule has 0 aliphatic carbocycles. The molecule has 0 fully saturated rings. The van der Waals surface area contributed by atoms with Gasteiger partial charge in [-0.1, -0.05) is 6.92 Å². The van der Waals surface area contributed by atoms with E-state index < -0.39 is 4.92 Å². The van der Waals surface area contributed by atoms with Crippen molar-refractivity contribution in [1.29, 1.82) is 0 Å². The molecule has 20 heavy (non-hydrogen) atoms. The summed E-state index contributed by atoms with van der Waals surface area (Å²) in [5.41, 5.74) is 0.748. The van der Waals surface area contributed by atoms with E-state index in [1.807, 2.05) is 0 Å². The molecule has 0 aliphatic rings. The molecule has 2 aromatic rings. The summed E-state index contributed by atoms with van der Waals surface area (Å²) >= 11 is 1.79. The van der Waals surface area contributed by atoms with E-state index in [1.165, 1.54) is 18.5 Å². The number of nitrogens with one attached hydrogen (secondary N) is 1. The molecule has 0 radical (unpaired) electrons. The first-order valence-corrected chi connectivity index (χ1v) is 7.63. The smallest absolute Gasteiger partial charge is 0.270 e. The van der Waals surface area contributed by atoms with E-state index in [0.717, 1.165) is 12.3 Å². The Balaban J connectivity index is 2.27. The molecule has 0 saturated carbocycles. The van der Waals surface area contributed by atoms with Crippen molar-refractivity contribution in [2.24, 2.45) is 5.92 Å². The average molecular weight is 292 g/mol. The zero-order valence-corrected chi connectivity index (χ0v) is 12.2. The Labute approximate surface area is 121 Å². The molecule has 1 aromatic carbocycles. The van der Waals surface area contributed by atoms with Crippen LogP contribution in [0.5, 0.6) is 0 Å². The van der Waals surface area contributed by atoms with E-state index in [1.54, 1.807) is 17.8 Å². The molecule has 1 atom stereocenters. The maximum absolute atomic E-state index is 10.8. The van der Waals surface area contributed by atoms with Crippen molar-refractivity contribution in [3.8, 4) is 0 Å². The number of nitrogens with zero attached hydrogens (tertiary/aromatic N) is 3. The first-order valence-electron chi connectivity index (χ1n) is 6.23. The van der Waals surface area contributed by atoms with Gasteiger partial charge in [-0.2, -0.15) is 11.8 Å². The molecule has 1 N–H and O–H groups in total. The predicted octanol–water partition coefficient (Wildman–Crippen LogP) is 2.95. The molecule has 0 saturated heterocycles. The number of benzene rings is 1. The Kier molecular flexibility index (Phi) is 4.73. The van der Waals surface area contributed by atoms with Gasteiger partial charge in [0.05, 0.1) is 10.4 Å². The van der Waals surface area contributed by atoms with Crippen LogP contribution in [-0.2, 0) is 0 Å². The van der Waals surface area contributed by atoms with Crippen molar-refractivity contribution < 1.29 is 4.92 Å². The third-order valence-corrected chi connectivity index (χ3v) is 3.80. The number of nitro groups is 1. The minimum absolute atomic E-state index is 0.0486. The highest BCUT2D eigenvalue weighted by Crippen LogP contribution is 2.24. The molecule has 0 bridgehead atoms. The van der Waals surface area contributed by atoms with Crippen LogP contribution in [0.3, 0.4) is 0 Å². The van der Waals surface area contributed by atoms with Gasteiger partial charge in [-0.05, 0) is 24.0 Å². The number of non-ortho nitro benzene ring substituents is 1. The van der Waals surface area contributed by atoms with Gasteiger partial charge in [0.25, 0.3) is 5.69 Å². The summed E-state index contributed by atoms with van der Waals surface area (Å²) in [5, 5.41) is 14.8. The minimum atomic E-state index is -0.410. The largest absolute Gasteiger partial charge is 0.369 e. The zero-order chi connectivity index (χ0) is 14.5. The van der Waals surface area contributed by atoms with Gasteiger partial charge >= 0.3 is 0 Å². The maximum Gasteiger partial charge on any atom is 0.270 e. The van der Waals surface area contributed by atoms with Gasteiger partial charge < -0.3 is 5.32 Å². The molecule has 0 spiro atoms. The summed E-state index contributed by atoms with van der Waals surface area (Å²) in [6.07, 6.45) is 3.54. The first kappa shape index (κ1) is 14.5. The van der Waals surface area contributed by atoms with Crippen molar-refractivity contribution >= 4 is 34.2 Å². The number of hydrogen-bond acceptors (Lipinski definition) is 6. The molecule has 0 aliphatic heterocycles. The molecule has 2 rings (SSSR count). The summed E-state index contributed by atoms with van der Waals surface area (Å²) in [5.74, 6) is 2.19. The molecule has 1 aromatic heterocycles. The molecular weight excluding hydrogens is 276 g/mol. The van der Waals surface area contributed by atoms with E-state index >= 15 is 0 Å². The molecule has 6 nitrogen and oxygen atoms in total. The quantitative estimate of drug-likeness (QED) is 0.651. The van der Waals surface area contributed by atoms with E-state index in [4.69, 9.17) is 0 Å². The van der Waals surface area contributed by atoms with Gasteiger partial charge in [0, 0.05) is 24.1 Å². The summed E-state index contributed by atoms with van der Waals surface area (Å²) < 4.78 is 0. The Morgan fingerprint density at radius 3 is 2.95 bits per heavy atom. The molecule has 0 amide bonds. The lowest BCUT2D eigenvalue weighted by Gasteiger charge is -2.12. The second-order valence-corrected chi connectivity index (χ2v) is 5.53. The third kappa shape index (κ3) is 3.36. The first-order chi connectivity index (χ1) is 9.61. The van der Waals surface area contributed by atoms with Gasteiger partial charge in [0.1, 0.15) is 12.1 Å². The normalized spacial score (nSPS) is 12.3. The van der Waals surface area contributed by atoms with Gasteiger partial charge in [0.2, 0.25) is 0 Å². The standard InChI is InChI=1S/C13H16N4O2S/c1-9(7-20-2)6-14-13-11-5-10(17(18)19)3-4-12(11)15-8-16-13/h3-5,8-9H,6-7H2,1-2H3,(H,14,15,16). The topological polar surface area (TPSA) is 81.0 Å². The number of thioether (sulfide) groups is 1. The van der Waals surface area contributed by atoms with Crippen LogP contribution in [0, 0.1) is 16.0 Å². The second kappa shape index (κ2) is 6.51. The number of rotatable bonds is 6. The molecule has 7 heteroatoms. The van der Waals surface area contributed by atoms with Crippen molar-refractivity contribution in [3.63, 3.8) is 0 Å². The van der Waals surface area contributed by atoms with Crippen molar-refractivity contribution in [1.82, 2.24) is 9.97 Å². The van der Waals surface area contributed by atoms with E-state index in [-0.39, 0.29) is 5.69 Å². The average Bonchev–Trinajstić information content (AvgIpc) is 2.44. The van der Waals surface area contributed by atoms with Crippen molar-refractivity contribution in [3.05, 3.63) is 34.6 Å². The van der Waals surface area contributed by atoms with Crippen LogP contribution >= 0.6 is 11.8 Å². The number of fused-ring (bicyclic) bond motifs is 1. The maximum atomic E-state index is 10.8. The fraction of sp³-hybridized carbons (Fsp3) is 0.385.